The quantitative estimate of drug-likeness (QED) is 0.775. The van der Waals surface area contributed by atoms with E-state index in [9.17, 15) is 4.79 Å². The van der Waals surface area contributed by atoms with Crippen molar-refractivity contribution < 1.29 is 4.79 Å². The van der Waals surface area contributed by atoms with E-state index in [1.54, 1.807) is 4.90 Å². The van der Waals surface area contributed by atoms with Gasteiger partial charge in [-0.25, -0.2) is 0 Å². The Morgan fingerprint density at radius 2 is 2.00 bits per heavy atom. The van der Waals surface area contributed by atoms with Crippen molar-refractivity contribution in [3.8, 4) is 0 Å². The summed E-state index contributed by atoms with van der Waals surface area (Å²) in [5.41, 5.74) is 5.56. The summed E-state index contributed by atoms with van der Waals surface area (Å²) in [6.07, 6.45) is 9.92. The van der Waals surface area contributed by atoms with Gasteiger partial charge >= 0.3 is 0 Å². The van der Waals surface area contributed by atoms with Gasteiger partial charge in [0.2, 0.25) is 5.91 Å². The Balaban J connectivity index is 2.14. The van der Waals surface area contributed by atoms with Crippen LogP contribution in [0.15, 0.2) is 0 Å². The van der Waals surface area contributed by atoms with Crippen molar-refractivity contribution in [2.45, 2.75) is 64.3 Å². The minimum Gasteiger partial charge on any atom is -0.342 e. The van der Waals surface area contributed by atoms with Crippen LogP contribution >= 0.6 is 0 Å². The molecule has 0 saturated heterocycles. The summed E-state index contributed by atoms with van der Waals surface area (Å²) in [7, 11) is 1.86. The molecule has 0 aliphatic heterocycles. The lowest BCUT2D eigenvalue weighted by Crippen LogP contribution is -2.39. The molecule has 17 heavy (non-hydrogen) atoms. The van der Waals surface area contributed by atoms with Crippen LogP contribution in [0.25, 0.3) is 0 Å². The molecule has 0 aromatic heterocycles. The van der Waals surface area contributed by atoms with Crippen molar-refractivity contribution >= 4 is 5.91 Å². The molecule has 0 heterocycles. The SMILES string of the molecule is CC(CN)N(C)C(=O)CCCC1CCCCC1. The summed E-state index contributed by atoms with van der Waals surface area (Å²) in [5.74, 6) is 1.13. The van der Waals surface area contributed by atoms with Crippen molar-refractivity contribution in [2.75, 3.05) is 13.6 Å². The maximum atomic E-state index is 11.9. The third kappa shape index (κ3) is 5.07. The summed E-state index contributed by atoms with van der Waals surface area (Å²) in [5, 5.41) is 0. The van der Waals surface area contributed by atoms with Crippen LogP contribution in [0.4, 0.5) is 0 Å². The minimum absolute atomic E-state index is 0.164. The Labute approximate surface area is 106 Å². The van der Waals surface area contributed by atoms with Crippen molar-refractivity contribution in [2.24, 2.45) is 11.7 Å². The second kappa shape index (κ2) is 7.70. The molecule has 1 amide bonds. The first kappa shape index (κ1) is 14.5. The van der Waals surface area contributed by atoms with Gasteiger partial charge in [-0.05, 0) is 25.7 Å². The zero-order chi connectivity index (χ0) is 12.7. The predicted octanol–water partition coefficient (Wildman–Crippen LogP) is 2.54. The first-order valence-electron chi connectivity index (χ1n) is 7.11. The number of carbonyl (C=O) groups is 1. The van der Waals surface area contributed by atoms with E-state index < -0.39 is 0 Å². The summed E-state index contributed by atoms with van der Waals surface area (Å²) >= 11 is 0. The first-order chi connectivity index (χ1) is 8.15. The van der Waals surface area contributed by atoms with E-state index in [0.717, 1.165) is 12.3 Å². The normalized spacial score (nSPS) is 19.0. The highest BCUT2D eigenvalue weighted by Gasteiger charge is 2.16. The third-order valence-corrected chi connectivity index (χ3v) is 4.12. The largest absolute Gasteiger partial charge is 0.342 e. The van der Waals surface area contributed by atoms with Crippen molar-refractivity contribution in [3.63, 3.8) is 0 Å². The molecule has 0 aromatic carbocycles. The van der Waals surface area contributed by atoms with Gasteiger partial charge in [0.25, 0.3) is 0 Å². The Hall–Kier alpha value is -0.570. The van der Waals surface area contributed by atoms with Gasteiger partial charge in [-0.1, -0.05) is 32.1 Å². The van der Waals surface area contributed by atoms with Crippen LogP contribution in [0, 0.1) is 5.92 Å². The molecule has 0 spiro atoms. The van der Waals surface area contributed by atoms with Gasteiger partial charge in [0.1, 0.15) is 0 Å². The van der Waals surface area contributed by atoms with Crippen LogP contribution in [0.1, 0.15) is 58.3 Å². The van der Waals surface area contributed by atoms with E-state index in [1.165, 1.54) is 38.5 Å². The number of hydrogen-bond donors (Lipinski definition) is 1. The summed E-state index contributed by atoms with van der Waals surface area (Å²) in [4.78, 5) is 13.6. The number of rotatable bonds is 6. The molecular weight excluding hydrogens is 212 g/mol. The van der Waals surface area contributed by atoms with Crippen LogP contribution in [-0.4, -0.2) is 30.4 Å². The van der Waals surface area contributed by atoms with Gasteiger partial charge < -0.3 is 10.6 Å². The Bertz CT molecular complexity index is 224. The van der Waals surface area contributed by atoms with Gasteiger partial charge in [0.05, 0.1) is 0 Å². The summed E-state index contributed by atoms with van der Waals surface area (Å²) in [6.45, 7) is 2.55. The van der Waals surface area contributed by atoms with Crippen LogP contribution in [0.3, 0.4) is 0 Å². The van der Waals surface area contributed by atoms with Crippen LogP contribution in [0.5, 0.6) is 0 Å². The molecule has 1 saturated carbocycles. The fourth-order valence-corrected chi connectivity index (χ4v) is 2.60. The van der Waals surface area contributed by atoms with Gasteiger partial charge in [-0.3, -0.25) is 4.79 Å². The lowest BCUT2D eigenvalue weighted by atomic mass is 9.86. The van der Waals surface area contributed by atoms with Gasteiger partial charge in [-0.15, -0.1) is 0 Å². The minimum atomic E-state index is 0.164. The second-order valence-corrected chi connectivity index (χ2v) is 5.49. The zero-order valence-corrected chi connectivity index (χ0v) is 11.5. The molecule has 1 aliphatic rings. The molecule has 3 nitrogen and oxygen atoms in total. The average Bonchev–Trinajstić information content (AvgIpc) is 2.38. The Morgan fingerprint density at radius 3 is 2.59 bits per heavy atom. The Morgan fingerprint density at radius 1 is 1.35 bits per heavy atom. The van der Waals surface area contributed by atoms with E-state index in [0.29, 0.717) is 13.0 Å². The highest BCUT2D eigenvalue weighted by atomic mass is 16.2. The molecule has 1 aliphatic carbocycles. The zero-order valence-electron chi connectivity index (χ0n) is 11.5. The number of hydrogen-bond acceptors (Lipinski definition) is 2. The summed E-state index contributed by atoms with van der Waals surface area (Å²) in [6, 6.07) is 0.164. The van der Waals surface area contributed by atoms with E-state index in [1.807, 2.05) is 14.0 Å². The molecule has 1 atom stereocenters. The molecule has 0 radical (unpaired) electrons. The fraction of sp³-hybridized carbons (Fsp3) is 0.929. The highest BCUT2D eigenvalue weighted by Crippen LogP contribution is 2.27. The summed E-state index contributed by atoms with van der Waals surface area (Å²) < 4.78 is 0. The average molecular weight is 240 g/mol. The number of nitrogens with two attached hydrogens (primary N) is 1. The molecule has 0 aromatic rings. The van der Waals surface area contributed by atoms with Crippen molar-refractivity contribution in [1.82, 2.24) is 4.90 Å². The molecule has 1 fully saturated rings. The van der Waals surface area contributed by atoms with E-state index in [4.69, 9.17) is 5.73 Å². The molecule has 100 valence electrons. The third-order valence-electron chi connectivity index (χ3n) is 4.12. The van der Waals surface area contributed by atoms with Crippen LogP contribution < -0.4 is 5.73 Å². The molecule has 1 rings (SSSR count). The lowest BCUT2D eigenvalue weighted by Gasteiger charge is -2.25. The second-order valence-electron chi connectivity index (χ2n) is 5.49. The molecular formula is C14H28N2O. The standard InChI is InChI=1S/C14H28N2O/c1-12(11-15)16(2)14(17)10-6-9-13-7-4-3-5-8-13/h12-13H,3-11,15H2,1-2H3. The number of nitrogens with zero attached hydrogens (tertiary/aromatic N) is 1. The number of amides is 1. The van der Waals surface area contributed by atoms with E-state index in [-0.39, 0.29) is 11.9 Å². The molecule has 1 unspecified atom stereocenters. The van der Waals surface area contributed by atoms with Crippen molar-refractivity contribution in [1.29, 1.82) is 0 Å². The fourth-order valence-electron chi connectivity index (χ4n) is 2.60. The predicted molar refractivity (Wildman–Crippen MR) is 71.7 cm³/mol. The maximum Gasteiger partial charge on any atom is 0.222 e. The van der Waals surface area contributed by atoms with E-state index in [2.05, 4.69) is 0 Å². The van der Waals surface area contributed by atoms with Gasteiger partial charge in [0, 0.05) is 26.1 Å². The number of carbonyl (C=O) groups excluding carboxylic acids is 1. The van der Waals surface area contributed by atoms with Crippen LogP contribution in [0.2, 0.25) is 0 Å². The molecule has 2 N–H and O–H groups in total. The lowest BCUT2D eigenvalue weighted by molar-refractivity contribution is -0.131. The molecule has 3 heteroatoms. The first-order valence-corrected chi connectivity index (χ1v) is 7.11. The molecule has 0 bridgehead atoms. The Kier molecular flexibility index (Phi) is 6.56. The van der Waals surface area contributed by atoms with Crippen molar-refractivity contribution in [3.05, 3.63) is 0 Å². The monoisotopic (exact) mass is 240 g/mol. The van der Waals surface area contributed by atoms with Gasteiger partial charge in [0.15, 0.2) is 0 Å². The van der Waals surface area contributed by atoms with E-state index >= 15 is 0 Å². The topological polar surface area (TPSA) is 46.3 Å². The smallest absolute Gasteiger partial charge is 0.222 e. The highest BCUT2D eigenvalue weighted by molar-refractivity contribution is 5.76. The maximum absolute atomic E-state index is 11.9. The number of likely N-dealkylation sites (N-methyl/N-ethyl adjacent to an activating group) is 1. The van der Waals surface area contributed by atoms with Gasteiger partial charge in [-0.2, -0.15) is 0 Å². The van der Waals surface area contributed by atoms with Crippen LogP contribution in [-0.2, 0) is 4.79 Å².